The van der Waals surface area contributed by atoms with Crippen molar-refractivity contribution < 1.29 is 0 Å². The Bertz CT molecular complexity index is 998. The molecule has 0 saturated heterocycles. The molecule has 0 unspecified atom stereocenters. The Kier molecular flexibility index (Phi) is 5.60. The summed E-state index contributed by atoms with van der Waals surface area (Å²) in [5.74, 6) is 0. The lowest BCUT2D eigenvalue weighted by atomic mass is 10.0. The van der Waals surface area contributed by atoms with E-state index in [1.54, 1.807) is 36.5 Å². The van der Waals surface area contributed by atoms with E-state index in [4.69, 9.17) is 69.6 Å². The van der Waals surface area contributed by atoms with Gasteiger partial charge in [0.1, 0.15) is 0 Å². The lowest BCUT2D eigenvalue weighted by molar-refractivity contribution is 1.24. The molecule has 0 spiro atoms. The first-order valence-corrected chi connectivity index (χ1v) is 9.07. The second-order valence-corrected chi connectivity index (χ2v) is 7.52. The van der Waals surface area contributed by atoms with Crippen LogP contribution in [0.4, 0.5) is 0 Å². The minimum absolute atomic E-state index is 0.232. The van der Waals surface area contributed by atoms with E-state index >= 15 is 0 Å². The second kappa shape index (κ2) is 7.40. The third kappa shape index (κ3) is 3.80. The van der Waals surface area contributed by atoms with Gasteiger partial charge in [-0.25, -0.2) is 0 Å². The Morgan fingerprint density at radius 3 is 1.52 bits per heavy atom. The van der Waals surface area contributed by atoms with Gasteiger partial charge in [0, 0.05) is 11.8 Å². The largest absolute Gasteiger partial charge is 0.328 e. The quantitative estimate of drug-likeness (QED) is 0.397. The van der Waals surface area contributed by atoms with Gasteiger partial charge in [-0.05, 0) is 47.0 Å². The van der Waals surface area contributed by atoms with Crippen molar-refractivity contribution in [2.45, 2.75) is 0 Å². The number of nitrogens with one attached hydrogen (secondary N) is 1. The number of hydrogen-bond donors (Lipinski definition) is 1. The van der Waals surface area contributed by atoms with Gasteiger partial charge in [-0.2, -0.15) is 0 Å². The van der Waals surface area contributed by atoms with Crippen LogP contribution >= 0.6 is 69.6 Å². The van der Waals surface area contributed by atoms with Crippen molar-refractivity contribution in [2.75, 3.05) is 0 Å². The summed E-state index contributed by atoms with van der Waals surface area (Å²) in [5.41, 5.74) is 2.00. The molecule has 2 aromatic carbocycles. The highest BCUT2D eigenvalue weighted by Crippen LogP contribution is 2.37. The second-order valence-electron chi connectivity index (χ2n) is 5.14. The summed E-state index contributed by atoms with van der Waals surface area (Å²) in [7, 11) is 0. The molecule has 1 heterocycles. The first kappa shape index (κ1) is 18.9. The molecule has 0 saturated carbocycles. The van der Waals surface area contributed by atoms with E-state index in [0.29, 0.717) is 32.3 Å². The Morgan fingerprint density at radius 1 is 0.600 bits per heavy atom. The molecule has 3 aromatic rings. The summed E-state index contributed by atoms with van der Waals surface area (Å²) in [6.07, 6.45) is 1.56. The van der Waals surface area contributed by atoms with Gasteiger partial charge in [0.15, 0.2) is 0 Å². The molecule has 0 aliphatic carbocycles. The molecule has 0 aliphatic rings. The number of aromatic amines is 1. The number of pyridine rings is 1. The predicted octanol–water partition coefficient (Wildman–Crippen LogP) is 7.63. The molecule has 0 bridgehead atoms. The summed E-state index contributed by atoms with van der Waals surface area (Å²) in [6.45, 7) is 0. The van der Waals surface area contributed by atoms with Crippen LogP contribution in [0.2, 0.25) is 30.1 Å². The van der Waals surface area contributed by atoms with Crippen molar-refractivity contribution in [1.82, 2.24) is 4.98 Å². The molecular formula is C17H7Cl6NO. The van der Waals surface area contributed by atoms with Gasteiger partial charge in [0.05, 0.1) is 30.1 Å². The van der Waals surface area contributed by atoms with E-state index < -0.39 is 0 Å². The molecule has 8 heteroatoms. The first-order valence-electron chi connectivity index (χ1n) is 6.80. The fraction of sp³-hybridized carbons (Fsp3) is 0. The van der Waals surface area contributed by atoms with Gasteiger partial charge >= 0.3 is 0 Å². The Hall–Kier alpha value is -0.870. The average molecular weight is 454 g/mol. The van der Waals surface area contributed by atoms with Gasteiger partial charge in [-0.15, -0.1) is 0 Å². The van der Waals surface area contributed by atoms with E-state index in [2.05, 4.69) is 4.98 Å². The summed E-state index contributed by atoms with van der Waals surface area (Å²) in [5, 5.41) is 1.64. The molecule has 25 heavy (non-hydrogen) atoms. The summed E-state index contributed by atoms with van der Waals surface area (Å²) in [4.78, 5) is 14.9. The topological polar surface area (TPSA) is 32.9 Å². The number of benzene rings is 2. The lowest BCUT2D eigenvalue weighted by Gasteiger charge is -2.09. The maximum absolute atomic E-state index is 12.3. The van der Waals surface area contributed by atoms with Crippen LogP contribution in [0.25, 0.3) is 22.3 Å². The van der Waals surface area contributed by atoms with Crippen molar-refractivity contribution in [1.29, 1.82) is 0 Å². The lowest BCUT2D eigenvalue weighted by Crippen LogP contribution is -2.08. The molecule has 0 radical (unpaired) electrons. The van der Waals surface area contributed by atoms with Gasteiger partial charge in [0.25, 0.3) is 5.56 Å². The number of rotatable bonds is 2. The highest BCUT2D eigenvalue weighted by Gasteiger charge is 2.13. The van der Waals surface area contributed by atoms with Crippen molar-refractivity contribution in [2.24, 2.45) is 0 Å². The Balaban J connectivity index is 2.19. The number of H-pyrrole nitrogens is 1. The first-order chi connectivity index (χ1) is 11.8. The SMILES string of the molecule is O=c1[nH]cc(-c2cc(Cl)c(Cl)c(Cl)c2)cc1-c1cc(Cl)c(Cl)c(Cl)c1. The maximum atomic E-state index is 12.3. The zero-order valence-corrected chi connectivity index (χ0v) is 16.7. The maximum Gasteiger partial charge on any atom is 0.255 e. The molecule has 2 nitrogen and oxygen atoms in total. The van der Waals surface area contributed by atoms with E-state index in [1.165, 1.54) is 0 Å². The summed E-state index contributed by atoms with van der Waals surface area (Å²) >= 11 is 36.2. The van der Waals surface area contributed by atoms with Crippen molar-refractivity contribution in [3.05, 3.63) is 77.0 Å². The molecule has 1 N–H and O–H groups in total. The van der Waals surface area contributed by atoms with E-state index in [-0.39, 0.29) is 25.6 Å². The molecule has 3 rings (SSSR count). The number of halogens is 6. The van der Waals surface area contributed by atoms with Crippen LogP contribution in [0.15, 0.2) is 41.3 Å². The van der Waals surface area contributed by atoms with Crippen molar-refractivity contribution >= 4 is 69.6 Å². The van der Waals surface area contributed by atoms with E-state index in [1.807, 2.05) is 0 Å². The third-order valence-electron chi connectivity index (χ3n) is 3.52. The van der Waals surface area contributed by atoms with Crippen LogP contribution in [0, 0.1) is 0 Å². The summed E-state index contributed by atoms with van der Waals surface area (Å²) in [6, 6.07) is 8.16. The van der Waals surface area contributed by atoms with E-state index in [9.17, 15) is 4.79 Å². The standard InChI is InChI=1S/C17H7Cl6NO/c18-11-2-7(3-12(19)15(11)22)9-1-10(17(25)24-6-9)8-4-13(20)16(23)14(21)5-8/h1-6H,(H,24,25). The highest BCUT2D eigenvalue weighted by atomic mass is 35.5. The fourth-order valence-electron chi connectivity index (χ4n) is 2.30. The van der Waals surface area contributed by atoms with Gasteiger partial charge in [-0.1, -0.05) is 69.6 Å². The van der Waals surface area contributed by atoms with Gasteiger partial charge in [-0.3, -0.25) is 4.79 Å². The Labute approximate surface area is 173 Å². The third-order valence-corrected chi connectivity index (χ3v) is 5.91. The monoisotopic (exact) mass is 451 g/mol. The Morgan fingerprint density at radius 2 is 1.04 bits per heavy atom. The highest BCUT2D eigenvalue weighted by molar-refractivity contribution is 6.49. The van der Waals surface area contributed by atoms with Crippen LogP contribution in [-0.2, 0) is 0 Å². The van der Waals surface area contributed by atoms with Crippen LogP contribution in [0.3, 0.4) is 0 Å². The van der Waals surface area contributed by atoms with Crippen LogP contribution in [0.5, 0.6) is 0 Å². The molecule has 0 aliphatic heterocycles. The molecule has 0 atom stereocenters. The minimum Gasteiger partial charge on any atom is -0.328 e. The normalized spacial score (nSPS) is 11.0. The molecule has 1 aromatic heterocycles. The fourth-order valence-corrected chi connectivity index (χ4v) is 3.49. The van der Waals surface area contributed by atoms with Gasteiger partial charge < -0.3 is 4.98 Å². The van der Waals surface area contributed by atoms with Crippen molar-refractivity contribution in [3.63, 3.8) is 0 Å². The number of hydrogen-bond acceptors (Lipinski definition) is 1. The number of aromatic nitrogens is 1. The van der Waals surface area contributed by atoms with Crippen LogP contribution in [0.1, 0.15) is 0 Å². The van der Waals surface area contributed by atoms with Gasteiger partial charge in [0.2, 0.25) is 0 Å². The predicted molar refractivity (Wildman–Crippen MR) is 108 cm³/mol. The molecule has 128 valence electrons. The average Bonchev–Trinajstić information content (AvgIpc) is 2.57. The zero-order chi connectivity index (χ0) is 18.3. The molecule has 0 fully saturated rings. The van der Waals surface area contributed by atoms with Crippen molar-refractivity contribution in [3.8, 4) is 22.3 Å². The zero-order valence-electron chi connectivity index (χ0n) is 12.1. The molecular weight excluding hydrogens is 447 g/mol. The minimum atomic E-state index is -0.302. The molecule has 0 amide bonds. The summed E-state index contributed by atoms with van der Waals surface area (Å²) < 4.78 is 0. The van der Waals surface area contributed by atoms with Crippen LogP contribution in [-0.4, -0.2) is 4.98 Å². The van der Waals surface area contributed by atoms with Crippen LogP contribution < -0.4 is 5.56 Å². The smallest absolute Gasteiger partial charge is 0.255 e. The van der Waals surface area contributed by atoms with E-state index in [0.717, 1.165) is 0 Å².